The predicted molar refractivity (Wildman–Crippen MR) is 79.9 cm³/mol. The highest BCUT2D eigenvalue weighted by Crippen LogP contribution is 2.21. The summed E-state index contributed by atoms with van der Waals surface area (Å²) in [4.78, 5) is 4.11. The molecular weight excluding hydrogens is 319 g/mol. The van der Waals surface area contributed by atoms with Gasteiger partial charge in [-0.1, -0.05) is 37.6 Å². The molecule has 2 rings (SSSR count). The van der Waals surface area contributed by atoms with Crippen molar-refractivity contribution in [1.29, 1.82) is 0 Å². The smallest absolute Gasteiger partial charge is 0.280 e. The van der Waals surface area contributed by atoms with Gasteiger partial charge in [0.05, 0.1) is 0 Å². The summed E-state index contributed by atoms with van der Waals surface area (Å²) in [6, 6.07) is 7.39. The maximum Gasteiger partial charge on any atom is 0.280 e. The number of halogens is 2. The molecule has 1 aromatic heterocycles. The first kappa shape index (κ1) is 15.4. The maximum atomic E-state index is 11.4. The zero-order valence-corrected chi connectivity index (χ0v) is 13.4. The molecule has 0 bridgehead atoms. The predicted octanol–water partition coefficient (Wildman–Crippen LogP) is 3.64. The van der Waals surface area contributed by atoms with Crippen molar-refractivity contribution >= 4 is 31.3 Å². The Morgan fingerprint density at radius 3 is 2.60 bits per heavy atom. The number of benzene rings is 1. The van der Waals surface area contributed by atoms with Crippen LogP contribution in [0.15, 0.2) is 35.5 Å². The zero-order valence-electron chi connectivity index (χ0n) is 11.0. The standard InChI is InChI=1S/C13H14Cl2N2O2S/c1-9(2)13-16-12(20(15,18)19)8-17(13)7-10-4-3-5-11(14)6-10/h3-6,8-9H,7H2,1-2H3. The van der Waals surface area contributed by atoms with Crippen LogP contribution in [0.1, 0.15) is 31.2 Å². The molecule has 7 heteroatoms. The van der Waals surface area contributed by atoms with E-state index in [1.54, 1.807) is 10.6 Å². The fraction of sp³-hybridized carbons (Fsp3) is 0.308. The summed E-state index contributed by atoms with van der Waals surface area (Å²) < 4.78 is 24.6. The summed E-state index contributed by atoms with van der Waals surface area (Å²) in [5.41, 5.74) is 0.968. The minimum atomic E-state index is -3.82. The molecule has 0 atom stereocenters. The Labute approximate surface area is 127 Å². The van der Waals surface area contributed by atoms with Crippen LogP contribution >= 0.6 is 22.3 Å². The Morgan fingerprint density at radius 1 is 1.35 bits per heavy atom. The van der Waals surface area contributed by atoms with Gasteiger partial charge in [0.1, 0.15) is 5.82 Å². The van der Waals surface area contributed by atoms with Gasteiger partial charge in [0, 0.05) is 34.4 Å². The zero-order chi connectivity index (χ0) is 14.9. The van der Waals surface area contributed by atoms with Crippen molar-refractivity contribution in [3.63, 3.8) is 0 Å². The van der Waals surface area contributed by atoms with E-state index in [1.165, 1.54) is 6.20 Å². The molecule has 0 aliphatic rings. The molecule has 2 aromatic rings. The number of hydrogen-bond acceptors (Lipinski definition) is 3. The van der Waals surface area contributed by atoms with Crippen LogP contribution in [0.4, 0.5) is 0 Å². The largest absolute Gasteiger partial charge is 0.329 e. The third kappa shape index (κ3) is 3.53. The van der Waals surface area contributed by atoms with Gasteiger partial charge in [-0.05, 0) is 17.7 Å². The molecule has 0 aliphatic carbocycles. The monoisotopic (exact) mass is 332 g/mol. The van der Waals surface area contributed by atoms with Crippen molar-refractivity contribution in [3.05, 3.63) is 46.9 Å². The van der Waals surface area contributed by atoms with Gasteiger partial charge in [-0.15, -0.1) is 0 Å². The Hall–Kier alpha value is -1.04. The second-order valence-corrected chi connectivity index (χ2v) is 7.74. The first-order valence-corrected chi connectivity index (χ1v) is 8.72. The van der Waals surface area contributed by atoms with Gasteiger partial charge >= 0.3 is 0 Å². The second-order valence-electron chi connectivity index (χ2n) is 4.79. The third-order valence-electron chi connectivity index (χ3n) is 2.79. The number of nitrogens with zero attached hydrogens (tertiary/aromatic N) is 2. The van der Waals surface area contributed by atoms with E-state index in [2.05, 4.69) is 4.98 Å². The van der Waals surface area contributed by atoms with Crippen LogP contribution in [-0.4, -0.2) is 18.0 Å². The van der Waals surface area contributed by atoms with Gasteiger partial charge in [-0.3, -0.25) is 0 Å². The highest BCUT2D eigenvalue weighted by atomic mass is 35.7. The maximum absolute atomic E-state index is 11.4. The van der Waals surface area contributed by atoms with Crippen molar-refractivity contribution in [3.8, 4) is 0 Å². The van der Waals surface area contributed by atoms with Crippen LogP contribution in [0.5, 0.6) is 0 Å². The van der Waals surface area contributed by atoms with E-state index >= 15 is 0 Å². The molecule has 0 N–H and O–H groups in total. The first-order chi connectivity index (χ1) is 9.27. The fourth-order valence-corrected chi connectivity index (χ4v) is 2.83. The Balaban J connectivity index is 2.43. The number of imidazole rings is 1. The van der Waals surface area contributed by atoms with Crippen molar-refractivity contribution in [2.75, 3.05) is 0 Å². The quantitative estimate of drug-likeness (QED) is 0.803. The molecule has 108 valence electrons. The highest BCUT2D eigenvalue weighted by molar-refractivity contribution is 8.13. The Morgan fingerprint density at radius 2 is 2.05 bits per heavy atom. The van der Waals surface area contributed by atoms with Gasteiger partial charge in [0.15, 0.2) is 5.03 Å². The summed E-state index contributed by atoms with van der Waals surface area (Å²) in [6.07, 6.45) is 1.46. The van der Waals surface area contributed by atoms with E-state index in [0.29, 0.717) is 17.4 Å². The molecule has 1 heterocycles. The van der Waals surface area contributed by atoms with E-state index in [-0.39, 0.29) is 10.9 Å². The van der Waals surface area contributed by atoms with E-state index in [1.807, 2.05) is 32.0 Å². The van der Waals surface area contributed by atoms with E-state index in [4.69, 9.17) is 22.3 Å². The summed E-state index contributed by atoms with van der Waals surface area (Å²) in [6.45, 7) is 4.39. The lowest BCUT2D eigenvalue weighted by Crippen LogP contribution is -2.05. The number of aromatic nitrogens is 2. The van der Waals surface area contributed by atoms with E-state index < -0.39 is 9.05 Å². The molecule has 0 spiro atoms. The molecule has 0 fully saturated rings. The Bertz CT molecular complexity index is 724. The molecule has 0 amide bonds. The summed E-state index contributed by atoms with van der Waals surface area (Å²) in [7, 11) is 1.53. The van der Waals surface area contributed by atoms with Gasteiger partial charge in [0.25, 0.3) is 9.05 Å². The highest BCUT2D eigenvalue weighted by Gasteiger charge is 2.19. The lowest BCUT2D eigenvalue weighted by molar-refractivity contribution is 0.606. The second kappa shape index (κ2) is 5.76. The first-order valence-electron chi connectivity index (χ1n) is 6.03. The third-order valence-corrected chi connectivity index (χ3v) is 4.20. The molecule has 0 saturated heterocycles. The molecule has 0 aliphatic heterocycles. The average Bonchev–Trinajstić information content (AvgIpc) is 2.72. The average molecular weight is 333 g/mol. The van der Waals surface area contributed by atoms with Crippen LogP contribution in [0, 0.1) is 0 Å². The molecule has 1 aromatic carbocycles. The Kier molecular flexibility index (Phi) is 4.42. The SMILES string of the molecule is CC(C)c1nc(S(=O)(=O)Cl)cn1Cc1cccc(Cl)c1. The summed E-state index contributed by atoms with van der Waals surface area (Å²) in [5, 5.41) is 0.517. The summed E-state index contributed by atoms with van der Waals surface area (Å²) >= 11 is 5.95. The minimum absolute atomic E-state index is 0.0846. The van der Waals surface area contributed by atoms with Gasteiger partial charge < -0.3 is 4.57 Å². The molecule has 20 heavy (non-hydrogen) atoms. The van der Waals surface area contributed by atoms with Crippen molar-refractivity contribution in [2.45, 2.75) is 31.3 Å². The molecule has 0 radical (unpaired) electrons. The molecule has 0 unspecified atom stereocenters. The minimum Gasteiger partial charge on any atom is -0.329 e. The van der Waals surface area contributed by atoms with Crippen molar-refractivity contribution < 1.29 is 8.42 Å². The van der Waals surface area contributed by atoms with Crippen LogP contribution in [0.3, 0.4) is 0 Å². The van der Waals surface area contributed by atoms with Crippen LogP contribution in [-0.2, 0) is 15.6 Å². The van der Waals surface area contributed by atoms with Gasteiger partial charge in [-0.2, -0.15) is 0 Å². The summed E-state index contributed by atoms with van der Waals surface area (Å²) in [5.74, 6) is 0.755. The topological polar surface area (TPSA) is 52.0 Å². The van der Waals surface area contributed by atoms with Gasteiger partial charge in [0.2, 0.25) is 0 Å². The lowest BCUT2D eigenvalue weighted by atomic mass is 10.2. The molecule has 0 saturated carbocycles. The lowest BCUT2D eigenvalue weighted by Gasteiger charge is -2.10. The van der Waals surface area contributed by atoms with Gasteiger partial charge in [-0.25, -0.2) is 13.4 Å². The fourth-order valence-electron chi connectivity index (χ4n) is 1.94. The number of rotatable bonds is 4. The molecule has 4 nitrogen and oxygen atoms in total. The van der Waals surface area contributed by atoms with Crippen molar-refractivity contribution in [1.82, 2.24) is 9.55 Å². The number of hydrogen-bond donors (Lipinski definition) is 0. The van der Waals surface area contributed by atoms with Crippen molar-refractivity contribution in [2.24, 2.45) is 0 Å². The normalized spacial score (nSPS) is 12.1. The molecular formula is C13H14Cl2N2O2S. The van der Waals surface area contributed by atoms with Crippen LogP contribution in [0.2, 0.25) is 5.02 Å². The van der Waals surface area contributed by atoms with E-state index in [0.717, 1.165) is 5.56 Å². The van der Waals surface area contributed by atoms with Crippen LogP contribution in [0.25, 0.3) is 0 Å². The van der Waals surface area contributed by atoms with E-state index in [9.17, 15) is 8.42 Å². The van der Waals surface area contributed by atoms with Crippen LogP contribution < -0.4 is 0 Å².